The van der Waals surface area contributed by atoms with E-state index in [9.17, 15) is 4.79 Å². The van der Waals surface area contributed by atoms with E-state index in [1.54, 1.807) is 0 Å². The van der Waals surface area contributed by atoms with Gasteiger partial charge < -0.3 is 14.2 Å². The number of rotatable bonds is 5. The third kappa shape index (κ3) is 3.76. The van der Waals surface area contributed by atoms with Crippen molar-refractivity contribution in [1.29, 1.82) is 0 Å². The second-order valence-electron chi connectivity index (χ2n) is 8.96. The number of carbonyl (C=O) groups excluding carboxylic acids is 1. The quantitative estimate of drug-likeness (QED) is 0.535. The van der Waals surface area contributed by atoms with Crippen LogP contribution in [0.15, 0.2) is 54.6 Å². The average Bonchev–Trinajstić information content (AvgIpc) is 3.46. The van der Waals surface area contributed by atoms with Crippen molar-refractivity contribution >= 4 is 5.91 Å². The van der Waals surface area contributed by atoms with E-state index in [1.807, 2.05) is 17.0 Å². The van der Waals surface area contributed by atoms with Crippen molar-refractivity contribution in [2.45, 2.75) is 52.1 Å². The lowest BCUT2D eigenvalue weighted by molar-refractivity contribution is -0.130. The Morgan fingerprint density at radius 2 is 1.77 bits per heavy atom. The number of nitrogens with zero attached hydrogens (tertiary/aromatic N) is 2. The fourth-order valence-electron chi connectivity index (χ4n) is 4.82. The van der Waals surface area contributed by atoms with E-state index in [1.165, 1.54) is 22.5 Å². The predicted octanol–water partition coefficient (Wildman–Crippen LogP) is 5.72. The summed E-state index contributed by atoms with van der Waals surface area (Å²) in [5.41, 5.74) is 7.16. The molecule has 5 rings (SSSR count). The summed E-state index contributed by atoms with van der Waals surface area (Å²) in [7, 11) is 0. The van der Waals surface area contributed by atoms with E-state index >= 15 is 0 Å². The van der Waals surface area contributed by atoms with Gasteiger partial charge in [0, 0.05) is 42.0 Å². The third-order valence-electron chi connectivity index (χ3n) is 6.55. The number of aromatic nitrogens is 1. The van der Waals surface area contributed by atoms with Crippen LogP contribution in [0.3, 0.4) is 0 Å². The largest absolute Gasteiger partial charge is 0.488 e. The number of hydrogen-bond acceptors (Lipinski definition) is 2. The molecule has 0 saturated carbocycles. The highest BCUT2D eigenvalue weighted by Gasteiger charge is 2.25. The predicted molar refractivity (Wildman–Crippen MR) is 124 cm³/mol. The molecule has 0 atom stereocenters. The molecule has 0 radical (unpaired) electrons. The van der Waals surface area contributed by atoms with E-state index in [-0.39, 0.29) is 5.91 Å². The van der Waals surface area contributed by atoms with E-state index in [0.29, 0.717) is 18.9 Å². The molecule has 160 valence electrons. The Morgan fingerprint density at radius 3 is 2.52 bits per heavy atom. The van der Waals surface area contributed by atoms with Gasteiger partial charge >= 0.3 is 0 Å². The molecule has 2 aliphatic heterocycles. The lowest BCUT2D eigenvalue weighted by Crippen LogP contribution is -2.27. The molecule has 4 nitrogen and oxygen atoms in total. The number of carbonyl (C=O) groups is 1. The molecule has 3 aromatic rings. The van der Waals surface area contributed by atoms with Crippen LogP contribution in [-0.4, -0.2) is 28.5 Å². The molecular formula is C27H30N2O2. The summed E-state index contributed by atoms with van der Waals surface area (Å²) in [6.07, 6.45) is 3.55. The molecule has 0 N–H and O–H groups in total. The molecule has 4 heteroatoms. The lowest BCUT2D eigenvalue weighted by Gasteiger charge is -2.22. The number of fused-ring (bicyclic) bond motifs is 3. The van der Waals surface area contributed by atoms with Crippen molar-refractivity contribution in [2.24, 2.45) is 0 Å². The summed E-state index contributed by atoms with van der Waals surface area (Å²) in [4.78, 5) is 14.7. The van der Waals surface area contributed by atoms with E-state index in [0.717, 1.165) is 49.4 Å². The highest BCUT2D eigenvalue weighted by atomic mass is 16.5. The van der Waals surface area contributed by atoms with Crippen LogP contribution in [-0.2, 0) is 17.8 Å². The van der Waals surface area contributed by atoms with E-state index in [4.69, 9.17) is 4.74 Å². The Balaban J connectivity index is 1.55. The van der Waals surface area contributed by atoms with Crippen molar-refractivity contribution < 1.29 is 9.53 Å². The Bertz CT molecular complexity index is 1090. The molecule has 1 amide bonds. The average molecular weight is 415 g/mol. The maximum absolute atomic E-state index is 12.7. The molecule has 1 aromatic heterocycles. The number of aryl methyl sites for hydroxylation is 1. The molecule has 1 fully saturated rings. The summed E-state index contributed by atoms with van der Waals surface area (Å²) in [5.74, 6) is 1.70. The summed E-state index contributed by atoms with van der Waals surface area (Å²) in [5, 5.41) is 0. The van der Waals surface area contributed by atoms with Crippen LogP contribution in [0.2, 0.25) is 0 Å². The van der Waals surface area contributed by atoms with Crippen LogP contribution in [0.5, 0.6) is 5.75 Å². The van der Waals surface area contributed by atoms with Crippen LogP contribution in [0.25, 0.3) is 16.9 Å². The smallest absolute Gasteiger partial charge is 0.222 e. The number of ether oxygens (including phenoxy) is 1. The van der Waals surface area contributed by atoms with Crippen molar-refractivity contribution in [3.05, 3.63) is 71.4 Å². The van der Waals surface area contributed by atoms with Crippen LogP contribution >= 0.6 is 0 Å². The fourth-order valence-corrected chi connectivity index (χ4v) is 4.82. The summed E-state index contributed by atoms with van der Waals surface area (Å²) < 4.78 is 8.37. The Morgan fingerprint density at radius 1 is 1.03 bits per heavy atom. The zero-order valence-corrected chi connectivity index (χ0v) is 18.4. The maximum atomic E-state index is 12.7. The molecule has 2 aromatic carbocycles. The van der Waals surface area contributed by atoms with Gasteiger partial charge in [0.15, 0.2) is 0 Å². The fraction of sp³-hybridized carbons (Fsp3) is 0.370. The summed E-state index contributed by atoms with van der Waals surface area (Å²) >= 11 is 0. The molecule has 3 heterocycles. The van der Waals surface area contributed by atoms with Crippen molar-refractivity contribution in [3.8, 4) is 22.7 Å². The van der Waals surface area contributed by atoms with Crippen LogP contribution in [0.4, 0.5) is 0 Å². The third-order valence-corrected chi connectivity index (χ3v) is 6.55. The van der Waals surface area contributed by atoms with Gasteiger partial charge in [-0.2, -0.15) is 0 Å². The zero-order chi connectivity index (χ0) is 21.4. The van der Waals surface area contributed by atoms with Crippen LogP contribution < -0.4 is 4.74 Å². The van der Waals surface area contributed by atoms with Crippen molar-refractivity contribution in [1.82, 2.24) is 9.47 Å². The Labute approximate surface area is 184 Å². The van der Waals surface area contributed by atoms with Gasteiger partial charge in [-0.15, -0.1) is 0 Å². The van der Waals surface area contributed by atoms with E-state index < -0.39 is 0 Å². The molecule has 0 spiro atoms. The minimum Gasteiger partial charge on any atom is -0.488 e. The monoisotopic (exact) mass is 414 g/mol. The van der Waals surface area contributed by atoms with Gasteiger partial charge in [-0.1, -0.05) is 38.1 Å². The van der Waals surface area contributed by atoms with Gasteiger partial charge in [-0.05, 0) is 61.1 Å². The van der Waals surface area contributed by atoms with Gasteiger partial charge in [0.25, 0.3) is 0 Å². The molecule has 31 heavy (non-hydrogen) atoms. The highest BCUT2D eigenvalue weighted by molar-refractivity contribution is 5.78. The Kier molecular flexibility index (Phi) is 5.31. The lowest BCUT2D eigenvalue weighted by atomic mass is 10.0. The molecule has 0 unspecified atom stereocenters. The number of likely N-dealkylation sites (tertiary alicyclic amines) is 1. The van der Waals surface area contributed by atoms with Gasteiger partial charge in [-0.25, -0.2) is 0 Å². The minimum absolute atomic E-state index is 0.273. The normalized spacial score (nSPS) is 15.0. The number of hydrogen-bond donors (Lipinski definition) is 0. The zero-order valence-electron chi connectivity index (χ0n) is 18.4. The van der Waals surface area contributed by atoms with E-state index in [2.05, 4.69) is 60.9 Å². The summed E-state index contributed by atoms with van der Waals surface area (Å²) in [6, 6.07) is 19.3. The minimum atomic E-state index is 0.273. The van der Waals surface area contributed by atoms with Crippen molar-refractivity contribution in [2.75, 3.05) is 13.1 Å². The van der Waals surface area contributed by atoms with Gasteiger partial charge in [0.05, 0.1) is 5.69 Å². The topological polar surface area (TPSA) is 34.5 Å². The highest BCUT2D eigenvalue weighted by Crippen LogP contribution is 2.41. The first-order valence-corrected chi connectivity index (χ1v) is 11.5. The summed E-state index contributed by atoms with van der Waals surface area (Å²) in [6.45, 7) is 6.82. The van der Waals surface area contributed by atoms with Crippen LogP contribution in [0.1, 0.15) is 55.8 Å². The molecule has 2 aliphatic rings. The van der Waals surface area contributed by atoms with Gasteiger partial charge in [0.1, 0.15) is 12.4 Å². The first-order chi connectivity index (χ1) is 15.1. The second kappa shape index (κ2) is 8.26. The standard InChI is InChI=1S/C27H30N2O2/c1-19(2)20-9-11-22(12-10-20)29-23(13-14-26(30)28-15-5-6-16-28)17-21-18-31-25-8-4-3-7-24(25)27(21)29/h3-4,7-12,17,19H,5-6,13-16,18H2,1-2H3. The Hall–Kier alpha value is -3.01. The van der Waals surface area contributed by atoms with Gasteiger partial charge in [-0.3, -0.25) is 4.79 Å². The van der Waals surface area contributed by atoms with Crippen molar-refractivity contribution in [3.63, 3.8) is 0 Å². The molecule has 1 saturated heterocycles. The SMILES string of the molecule is CC(C)c1ccc(-n2c(CCC(=O)N3CCCC3)cc3c2-c2ccccc2OC3)cc1. The number of para-hydroxylation sites is 1. The van der Waals surface area contributed by atoms with Gasteiger partial charge in [0.2, 0.25) is 5.91 Å². The molecular weight excluding hydrogens is 384 g/mol. The number of amides is 1. The maximum Gasteiger partial charge on any atom is 0.222 e. The molecule has 0 bridgehead atoms. The number of benzene rings is 2. The first-order valence-electron chi connectivity index (χ1n) is 11.5. The second-order valence-corrected chi connectivity index (χ2v) is 8.96. The first kappa shape index (κ1) is 19.9. The van der Waals surface area contributed by atoms with Crippen LogP contribution in [0, 0.1) is 0 Å². The molecule has 0 aliphatic carbocycles.